The molecule has 0 N–H and O–H groups in total. The number of nitrogens with zero attached hydrogens (tertiary/aromatic N) is 4. The molecule has 4 aliphatic heterocycles. The van der Waals surface area contributed by atoms with Crippen molar-refractivity contribution in [2.24, 2.45) is 11.8 Å². The summed E-state index contributed by atoms with van der Waals surface area (Å²) in [5.41, 5.74) is 1.73. The molecule has 8 nitrogen and oxygen atoms in total. The lowest BCUT2D eigenvalue weighted by Gasteiger charge is -2.35. The van der Waals surface area contributed by atoms with Crippen LogP contribution in [0.3, 0.4) is 0 Å². The van der Waals surface area contributed by atoms with Gasteiger partial charge in [0.1, 0.15) is 12.1 Å². The zero-order valence-corrected chi connectivity index (χ0v) is 19.1. The number of likely N-dealkylation sites (tertiary alicyclic amines) is 2. The molecule has 4 saturated heterocycles. The Morgan fingerprint density at radius 2 is 0.882 bits per heavy atom. The van der Waals surface area contributed by atoms with Gasteiger partial charge in [-0.3, -0.25) is 29.0 Å². The summed E-state index contributed by atoms with van der Waals surface area (Å²) in [6.45, 7) is 4.19. The molecule has 0 bridgehead atoms. The molecule has 4 aliphatic rings. The van der Waals surface area contributed by atoms with Crippen LogP contribution in [0, 0.1) is 11.8 Å². The second-order valence-corrected chi connectivity index (χ2v) is 9.25. The number of likely N-dealkylation sites (N-methyl/N-ethyl adjacent to an activating group) is 2. The molecule has 2 aromatic carbocycles. The van der Waals surface area contributed by atoms with Gasteiger partial charge in [0.05, 0.1) is 23.9 Å². The molecule has 0 spiro atoms. The number of carbonyl (C=O) groups excluding carboxylic acids is 4. The highest BCUT2D eigenvalue weighted by Crippen LogP contribution is 2.58. The van der Waals surface area contributed by atoms with Crippen LogP contribution in [0.4, 0.5) is 0 Å². The van der Waals surface area contributed by atoms with E-state index in [-0.39, 0.29) is 23.6 Å². The van der Waals surface area contributed by atoms with E-state index in [1.54, 1.807) is 13.8 Å². The fourth-order valence-electron chi connectivity index (χ4n) is 6.54. The maximum absolute atomic E-state index is 13.6. The van der Waals surface area contributed by atoms with Gasteiger partial charge in [-0.05, 0) is 25.0 Å². The van der Waals surface area contributed by atoms with Gasteiger partial charge < -0.3 is 0 Å². The first-order valence-corrected chi connectivity index (χ1v) is 11.9. The second-order valence-electron chi connectivity index (χ2n) is 9.25. The Labute approximate surface area is 197 Å². The van der Waals surface area contributed by atoms with E-state index in [1.807, 2.05) is 70.7 Å². The van der Waals surface area contributed by atoms with Crippen LogP contribution in [-0.4, -0.2) is 68.6 Å². The molecule has 0 radical (unpaired) electrons. The van der Waals surface area contributed by atoms with Crippen LogP contribution in [0.2, 0.25) is 0 Å². The van der Waals surface area contributed by atoms with Crippen LogP contribution >= 0.6 is 0 Å². The van der Waals surface area contributed by atoms with Crippen molar-refractivity contribution in [2.75, 3.05) is 13.1 Å². The minimum absolute atomic E-state index is 0.215. The Hall–Kier alpha value is -3.36. The maximum atomic E-state index is 13.6. The molecular weight excluding hydrogens is 432 g/mol. The molecule has 34 heavy (non-hydrogen) atoms. The summed E-state index contributed by atoms with van der Waals surface area (Å²) < 4.78 is 0. The van der Waals surface area contributed by atoms with Crippen molar-refractivity contribution in [3.63, 3.8) is 0 Å². The summed E-state index contributed by atoms with van der Waals surface area (Å²) in [7, 11) is 0. The summed E-state index contributed by atoms with van der Waals surface area (Å²) in [6, 6.07) is 16.6. The normalized spacial score (nSPS) is 33.1. The first-order chi connectivity index (χ1) is 16.5. The summed E-state index contributed by atoms with van der Waals surface area (Å²) in [5.74, 6) is -2.22. The molecule has 174 valence electrons. The molecule has 4 fully saturated rings. The van der Waals surface area contributed by atoms with E-state index in [0.717, 1.165) is 11.1 Å². The third-order valence-corrected chi connectivity index (χ3v) is 7.82. The standard InChI is InChI=1S/C26H26N4O4/c1-3-27-23(31)17-19(15-11-7-5-8-12-15)30-22-18(24(32)28(4-2)26(22)34)20(16-13-9-6-10-14-16)29(30)21(17)25(27)33/h5-14,17-22H,3-4H2,1-2H3/t17-,18-,19-,20+,21+,22-/m0/s1. The summed E-state index contributed by atoms with van der Waals surface area (Å²) in [6.07, 6.45) is 0. The molecule has 0 aromatic heterocycles. The number of rotatable bonds is 4. The van der Waals surface area contributed by atoms with Gasteiger partial charge in [-0.15, -0.1) is 0 Å². The monoisotopic (exact) mass is 458 g/mol. The molecule has 4 amide bonds. The predicted octanol–water partition coefficient (Wildman–Crippen LogP) is 1.76. The summed E-state index contributed by atoms with van der Waals surface area (Å²) >= 11 is 0. The number of benzene rings is 2. The van der Waals surface area contributed by atoms with Gasteiger partial charge >= 0.3 is 0 Å². The molecule has 4 heterocycles. The van der Waals surface area contributed by atoms with E-state index in [4.69, 9.17) is 0 Å². The van der Waals surface area contributed by atoms with Crippen LogP contribution in [0.5, 0.6) is 0 Å². The largest absolute Gasteiger partial charge is 0.281 e. The average Bonchev–Trinajstić information content (AvgIpc) is 3.51. The number of imide groups is 2. The van der Waals surface area contributed by atoms with Gasteiger partial charge in [-0.1, -0.05) is 60.7 Å². The van der Waals surface area contributed by atoms with Crippen LogP contribution in [0.15, 0.2) is 60.7 Å². The first kappa shape index (κ1) is 21.2. The van der Waals surface area contributed by atoms with Crippen molar-refractivity contribution < 1.29 is 19.2 Å². The van der Waals surface area contributed by atoms with Crippen molar-refractivity contribution in [1.29, 1.82) is 0 Å². The SMILES string of the molecule is CCN1C(=O)[C@@H]2[C@@H](C1=O)N1[C@@H](c3ccccc3)[C@@H]3C(=O)N(CC)C(=O)[C@@H]3N1[C@@H]2c1ccccc1. The van der Waals surface area contributed by atoms with Gasteiger partial charge in [0.25, 0.3) is 0 Å². The van der Waals surface area contributed by atoms with Gasteiger partial charge in [-0.25, -0.2) is 10.0 Å². The number of carbonyl (C=O) groups is 4. The zero-order valence-electron chi connectivity index (χ0n) is 19.1. The highest BCUT2D eigenvalue weighted by Gasteiger charge is 2.73. The lowest BCUT2D eigenvalue weighted by Crippen LogP contribution is -2.49. The molecule has 2 aromatic rings. The Balaban J connectivity index is 1.59. The number of fused-ring (bicyclic) bond motifs is 5. The third-order valence-electron chi connectivity index (χ3n) is 7.82. The van der Waals surface area contributed by atoms with E-state index in [2.05, 4.69) is 0 Å². The van der Waals surface area contributed by atoms with Crippen molar-refractivity contribution in [1.82, 2.24) is 19.8 Å². The highest BCUT2D eigenvalue weighted by atomic mass is 16.2. The summed E-state index contributed by atoms with van der Waals surface area (Å²) in [4.78, 5) is 56.9. The fraction of sp³-hybridized carbons (Fsp3) is 0.385. The van der Waals surface area contributed by atoms with Crippen LogP contribution < -0.4 is 0 Å². The number of hydrogen-bond acceptors (Lipinski definition) is 6. The summed E-state index contributed by atoms with van der Waals surface area (Å²) in [5, 5.41) is 3.82. The minimum Gasteiger partial charge on any atom is -0.281 e. The molecule has 0 saturated carbocycles. The number of hydrogen-bond donors (Lipinski definition) is 0. The van der Waals surface area contributed by atoms with E-state index < -0.39 is 36.0 Å². The lowest BCUT2D eigenvalue weighted by molar-refractivity contribution is -0.152. The molecule has 6 rings (SSSR count). The Bertz CT molecular complexity index is 1090. The highest BCUT2D eigenvalue weighted by molar-refractivity contribution is 6.10. The molecular formula is C26H26N4O4. The first-order valence-electron chi connectivity index (χ1n) is 11.9. The van der Waals surface area contributed by atoms with Gasteiger partial charge in [0.2, 0.25) is 23.6 Å². The zero-order chi connectivity index (χ0) is 23.7. The Kier molecular flexibility index (Phi) is 4.72. The molecule has 0 aliphatic carbocycles. The van der Waals surface area contributed by atoms with Crippen LogP contribution in [0.1, 0.15) is 37.1 Å². The molecule has 0 unspecified atom stereocenters. The van der Waals surface area contributed by atoms with E-state index in [0.29, 0.717) is 13.1 Å². The number of hydrazine groups is 1. The van der Waals surface area contributed by atoms with Gasteiger partial charge in [0.15, 0.2) is 0 Å². The van der Waals surface area contributed by atoms with Gasteiger partial charge in [0, 0.05) is 13.1 Å². The molecule has 6 atom stereocenters. The fourth-order valence-corrected chi connectivity index (χ4v) is 6.54. The smallest absolute Gasteiger partial charge is 0.248 e. The van der Waals surface area contributed by atoms with E-state index in [1.165, 1.54) is 9.80 Å². The topological polar surface area (TPSA) is 81.2 Å². The van der Waals surface area contributed by atoms with Crippen LogP contribution in [0.25, 0.3) is 0 Å². The van der Waals surface area contributed by atoms with Crippen molar-refractivity contribution in [3.05, 3.63) is 71.8 Å². The predicted molar refractivity (Wildman–Crippen MR) is 121 cm³/mol. The minimum atomic E-state index is -0.746. The lowest BCUT2D eigenvalue weighted by atomic mass is 9.84. The maximum Gasteiger partial charge on any atom is 0.248 e. The second kappa shape index (κ2) is 7.58. The molecule has 8 heteroatoms. The Morgan fingerprint density at radius 1 is 0.529 bits per heavy atom. The van der Waals surface area contributed by atoms with Crippen molar-refractivity contribution >= 4 is 23.6 Å². The average molecular weight is 459 g/mol. The third kappa shape index (κ3) is 2.55. The quantitative estimate of drug-likeness (QED) is 0.650. The number of amides is 4. The van der Waals surface area contributed by atoms with Gasteiger partial charge in [-0.2, -0.15) is 0 Å². The van der Waals surface area contributed by atoms with E-state index >= 15 is 0 Å². The van der Waals surface area contributed by atoms with E-state index in [9.17, 15) is 19.2 Å². The van der Waals surface area contributed by atoms with Crippen molar-refractivity contribution in [3.8, 4) is 0 Å². The van der Waals surface area contributed by atoms with Crippen molar-refractivity contribution in [2.45, 2.75) is 38.0 Å². The Morgan fingerprint density at radius 3 is 1.21 bits per heavy atom. The van der Waals surface area contributed by atoms with Crippen LogP contribution in [-0.2, 0) is 19.2 Å².